The highest BCUT2D eigenvalue weighted by Gasteiger charge is 2.78. The van der Waals surface area contributed by atoms with Gasteiger partial charge in [-0.25, -0.2) is 4.39 Å². The van der Waals surface area contributed by atoms with E-state index in [4.69, 9.17) is 14.7 Å². The van der Waals surface area contributed by atoms with Crippen LogP contribution in [-0.4, -0.2) is 41.2 Å². The van der Waals surface area contributed by atoms with Crippen LogP contribution in [0.5, 0.6) is 0 Å². The molecule has 4 heterocycles. The highest BCUT2D eigenvalue weighted by atomic mass is 19.4. The van der Waals surface area contributed by atoms with Gasteiger partial charge < -0.3 is 14.6 Å². The predicted molar refractivity (Wildman–Crippen MR) is 87.8 cm³/mol. The molecule has 1 aromatic rings. The number of aliphatic hydroxyl groups is 1. The second kappa shape index (κ2) is 5.47. The van der Waals surface area contributed by atoms with Gasteiger partial charge >= 0.3 is 6.18 Å². The maximum Gasteiger partial charge on any atom is 0.417 e. The van der Waals surface area contributed by atoms with E-state index in [-0.39, 0.29) is 12.3 Å². The second-order valence-corrected chi connectivity index (χ2v) is 8.25. The highest BCUT2D eigenvalue weighted by molar-refractivity contribution is 6.00. The fraction of sp³-hybridized carbons (Fsp3) is 0.579. The van der Waals surface area contributed by atoms with Crippen LogP contribution < -0.4 is 4.90 Å². The Hall–Kier alpha value is -2.22. The second-order valence-electron chi connectivity index (χ2n) is 8.25. The number of hydrogen-bond donors (Lipinski definition) is 1. The van der Waals surface area contributed by atoms with Gasteiger partial charge in [0.15, 0.2) is 0 Å². The first-order valence-electron chi connectivity index (χ1n) is 9.17. The number of nitrogens with zero attached hydrogens (tertiary/aromatic N) is 2. The summed E-state index contributed by atoms with van der Waals surface area (Å²) >= 11 is 0. The number of fused-ring (bicyclic) bond motifs is 2. The topological polar surface area (TPSA) is 82.8 Å². The molecule has 0 aliphatic carbocycles. The third kappa shape index (κ3) is 2.18. The number of carbonyl (C=O) groups is 1. The molecule has 1 N–H and O–H groups in total. The molecule has 0 radical (unpaired) electrons. The minimum atomic E-state index is -4.97. The van der Waals surface area contributed by atoms with Crippen LogP contribution in [0.15, 0.2) is 12.1 Å². The van der Waals surface area contributed by atoms with Crippen LogP contribution >= 0.6 is 0 Å². The van der Waals surface area contributed by atoms with Gasteiger partial charge in [0.1, 0.15) is 29.3 Å². The van der Waals surface area contributed by atoms with Gasteiger partial charge in [0.2, 0.25) is 5.91 Å². The van der Waals surface area contributed by atoms with Crippen molar-refractivity contribution in [2.45, 2.75) is 49.5 Å². The first kappa shape index (κ1) is 18.8. The number of alkyl halides is 3. The monoisotopic (exact) mass is 412 g/mol. The lowest BCUT2D eigenvalue weighted by Gasteiger charge is -2.42. The number of nitriles is 1. The molecule has 1 amide bonds. The molecule has 2 bridgehead atoms. The van der Waals surface area contributed by atoms with Crippen molar-refractivity contribution in [3.63, 3.8) is 0 Å². The molecule has 10 heteroatoms. The molecule has 4 saturated heterocycles. The zero-order valence-corrected chi connectivity index (χ0v) is 15.2. The van der Waals surface area contributed by atoms with Gasteiger partial charge in [-0.2, -0.15) is 18.4 Å². The van der Waals surface area contributed by atoms with E-state index in [1.807, 2.05) is 0 Å². The standard InChI is InChI=1S/C19H16F4N2O4/c1-17-12(26)6-18(29-17)2-3-28-16-14(18)13(17)15(27)25(16)8-4-10(19(21,22)23)9(7-24)11(20)5-8/h4-5,12-14,16,26H,2-3,6H2,1H3. The number of aliphatic hydroxyl groups excluding tert-OH is 1. The van der Waals surface area contributed by atoms with Gasteiger partial charge in [-0.15, -0.1) is 0 Å². The molecule has 4 aliphatic heterocycles. The zero-order valence-electron chi connectivity index (χ0n) is 15.2. The SMILES string of the molecule is CC12OC3(CCOC4C3C1C(=O)N4c1cc(F)c(C#N)c(C(F)(F)F)c1)CC2O. The molecule has 0 aromatic heterocycles. The van der Waals surface area contributed by atoms with E-state index in [1.165, 1.54) is 6.07 Å². The first-order chi connectivity index (χ1) is 13.5. The van der Waals surface area contributed by atoms with Gasteiger partial charge in [-0.3, -0.25) is 9.69 Å². The third-order valence-corrected chi connectivity index (χ3v) is 6.86. The summed E-state index contributed by atoms with van der Waals surface area (Å²) in [5.41, 5.74) is -4.88. The van der Waals surface area contributed by atoms with Gasteiger partial charge in [0, 0.05) is 24.4 Å². The average molecular weight is 412 g/mol. The number of rotatable bonds is 1. The molecule has 6 atom stereocenters. The summed E-state index contributed by atoms with van der Waals surface area (Å²) < 4.78 is 66.4. The lowest BCUT2D eigenvalue weighted by Crippen LogP contribution is -2.53. The van der Waals surface area contributed by atoms with E-state index in [0.29, 0.717) is 18.9 Å². The van der Waals surface area contributed by atoms with E-state index >= 15 is 0 Å². The minimum Gasteiger partial charge on any atom is -0.390 e. The van der Waals surface area contributed by atoms with Crippen LogP contribution in [0.1, 0.15) is 30.9 Å². The Balaban J connectivity index is 1.65. The Morgan fingerprint density at radius 2 is 2.10 bits per heavy atom. The number of halogens is 4. The van der Waals surface area contributed by atoms with Crippen molar-refractivity contribution in [2.75, 3.05) is 11.5 Å². The number of amides is 1. The molecule has 6 nitrogen and oxygen atoms in total. The number of anilines is 1. The Kier molecular flexibility index (Phi) is 3.55. The molecule has 6 unspecified atom stereocenters. The van der Waals surface area contributed by atoms with E-state index in [0.717, 1.165) is 11.0 Å². The number of carbonyl (C=O) groups excluding carboxylic acids is 1. The highest BCUT2D eigenvalue weighted by Crippen LogP contribution is 2.65. The minimum absolute atomic E-state index is 0.186. The summed E-state index contributed by atoms with van der Waals surface area (Å²) in [4.78, 5) is 14.3. The Morgan fingerprint density at radius 1 is 1.38 bits per heavy atom. The molecule has 1 spiro atoms. The Bertz CT molecular complexity index is 976. The van der Waals surface area contributed by atoms with Gasteiger partial charge in [0.05, 0.1) is 29.8 Å². The average Bonchev–Trinajstić information content (AvgIpc) is 3.17. The van der Waals surface area contributed by atoms with Crippen molar-refractivity contribution >= 4 is 11.6 Å². The Labute approximate surface area is 162 Å². The third-order valence-electron chi connectivity index (χ3n) is 6.86. The zero-order chi connectivity index (χ0) is 20.9. The lowest BCUT2D eigenvalue weighted by atomic mass is 9.65. The summed E-state index contributed by atoms with van der Waals surface area (Å²) in [7, 11) is 0. The van der Waals surface area contributed by atoms with Crippen LogP contribution in [-0.2, 0) is 20.4 Å². The van der Waals surface area contributed by atoms with E-state index in [2.05, 4.69) is 0 Å². The van der Waals surface area contributed by atoms with E-state index < -0.39 is 64.4 Å². The lowest BCUT2D eigenvalue weighted by molar-refractivity contribution is -0.143. The van der Waals surface area contributed by atoms with Crippen LogP contribution in [0.2, 0.25) is 0 Å². The molecule has 1 aromatic carbocycles. The first-order valence-corrected chi connectivity index (χ1v) is 9.17. The van der Waals surface area contributed by atoms with Crippen molar-refractivity contribution in [3.05, 3.63) is 29.1 Å². The van der Waals surface area contributed by atoms with Crippen LogP contribution in [0.25, 0.3) is 0 Å². The summed E-state index contributed by atoms with van der Waals surface area (Å²) in [6.07, 6.45) is -6.03. The largest absolute Gasteiger partial charge is 0.417 e. The molecule has 29 heavy (non-hydrogen) atoms. The quantitative estimate of drug-likeness (QED) is 0.716. The van der Waals surface area contributed by atoms with Crippen LogP contribution in [0.3, 0.4) is 0 Å². The van der Waals surface area contributed by atoms with Crippen molar-refractivity contribution < 1.29 is 36.9 Å². The van der Waals surface area contributed by atoms with Crippen molar-refractivity contribution in [2.24, 2.45) is 11.8 Å². The fourth-order valence-corrected chi connectivity index (χ4v) is 5.67. The predicted octanol–water partition coefficient (Wildman–Crippen LogP) is 2.33. The summed E-state index contributed by atoms with van der Waals surface area (Å²) in [5, 5.41) is 19.4. The molecule has 0 saturated carbocycles. The smallest absolute Gasteiger partial charge is 0.390 e. The van der Waals surface area contributed by atoms with Crippen LogP contribution in [0.4, 0.5) is 23.2 Å². The molecular weight excluding hydrogens is 396 g/mol. The number of ether oxygens (including phenoxy) is 2. The molecule has 5 rings (SSSR count). The molecule has 154 valence electrons. The summed E-state index contributed by atoms with van der Waals surface area (Å²) in [6, 6.07) is 2.59. The molecular formula is C19H16F4N2O4. The summed E-state index contributed by atoms with van der Waals surface area (Å²) in [5.74, 6) is -3.24. The maximum absolute atomic E-state index is 14.4. The molecule has 4 fully saturated rings. The van der Waals surface area contributed by atoms with E-state index in [1.54, 1.807) is 6.92 Å². The van der Waals surface area contributed by atoms with Gasteiger partial charge in [-0.05, 0) is 19.1 Å². The van der Waals surface area contributed by atoms with Crippen molar-refractivity contribution in [1.82, 2.24) is 0 Å². The van der Waals surface area contributed by atoms with Crippen molar-refractivity contribution in [3.8, 4) is 6.07 Å². The van der Waals surface area contributed by atoms with Crippen LogP contribution in [0, 0.1) is 29.0 Å². The number of hydrogen-bond acceptors (Lipinski definition) is 5. The van der Waals surface area contributed by atoms with E-state index in [9.17, 15) is 27.5 Å². The van der Waals surface area contributed by atoms with Gasteiger partial charge in [-0.1, -0.05) is 0 Å². The fourth-order valence-electron chi connectivity index (χ4n) is 5.67. The van der Waals surface area contributed by atoms with Crippen molar-refractivity contribution in [1.29, 1.82) is 5.26 Å². The normalized spacial score (nSPS) is 40.3. The van der Waals surface area contributed by atoms with Gasteiger partial charge in [0.25, 0.3) is 0 Å². The Morgan fingerprint density at radius 3 is 2.76 bits per heavy atom. The summed E-state index contributed by atoms with van der Waals surface area (Å²) in [6.45, 7) is 1.81. The number of benzene rings is 1. The molecule has 4 aliphatic rings. The maximum atomic E-state index is 14.4.